The quantitative estimate of drug-likeness (QED) is 0.260. The number of para-hydroxylation sites is 1. The number of anilines is 3. The average molecular weight is 510 g/mol. The van der Waals surface area contributed by atoms with E-state index in [0.717, 1.165) is 10.4 Å². The summed E-state index contributed by atoms with van der Waals surface area (Å²) in [6, 6.07) is 12.8. The molecule has 0 atom stereocenters. The summed E-state index contributed by atoms with van der Waals surface area (Å²) in [4.78, 5) is 9.60. The van der Waals surface area contributed by atoms with Gasteiger partial charge in [-0.1, -0.05) is 18.2 Å². The number of halogens is 1. The SMILES string of the molecule is CCN(c1ccccc1)S(=O)(=O)c1cc([N+](=O)[O-])c(Nc2ccc(S(=O)(=O)O)c(C)c2)cc1F. The molecule has 0 aliphatic rings. The standard InChI is InChI=1S/C21H20FN3O7S2/c1-3-24(16-7-5-4-6-8-16)33(28,29)21-13-19(25(26)27)18(12-17(21)22)23-15-9-10-20(14(2)11-15)34(30,31)32/h4-13,23H,3H2,1-2H3,(H,30,31,32). The lowest BCUT2D eigenvalue weighted by Crippen LogP contribution is -2.31. The Labute approximate surface area is 195 Å². The first-order chi connectivity index (χ1) is 15.9. The zero-order valence-electron chi connectivity index (χ0n) is 18.0. The van der Waals surface area contributed by atoms with Gasteiger partial charge in [-0.3, -0.25) is 19.0 Å². The predicted molar refractivity (Wildman–Crippen MR) is 124 cm³/mol. The Bertz CT molecular complexity index is 1460. The van der Waals surface area contributed by atoms with Gasteiger partial charge in [-0.05, 0) is 49.7 Å². The van der Waals surface area contributed by atoms with Crippen molar-refractivity contribution in [2.75, 3.05) is 16.2 Å². The molecular weight excluding hydrogens is 489 g/mol. The summed E-state index contributed by atoms with van der Waals surface area (Å²) in [6.45, 7) is 2.90. The van der Waals surface area contributed by atoms with Crippen molar-refractivity contribution in [1.29, 1.82) is 0 Å². The first-order valence-electron chi connectivity index (χ1n) is 9.77. The van der Waals surface area contributed by atoms with Gasteiger partial charge in [-0.25, -0.2) is 12.8 Å². The number of aryl methyl sites for hydroxylation is 1. The highest BCUT2D eigenvalue weighted by molar-refractivity contribution is 7.92. The van der Waals surface area contributed by atoms with Crippen LogP contribution in [0, 0.1) is 22.9 Å². The third kappa shape index (κ3) is 5.00. The molecule has 0 saturated heterocycles. The number of benzene rings is 3. The van der Waals surface area contributed by atoms with Gasteiger partial charge in [0.05, 0.1) is 15.5 Å². The minimum absolute atomic E-state index is 0.0427. The minimum atomic E-state index is -4.48. The number of hydrogen-bond acceptors (Lipinski definition) is 7. The Morgan fingerprint density at radius 1 is 1.03 bits per heavy atom. The van der Waals surface area contributed by atoms with Crippen LogP contribution in [-0.4, -0.2) is 32.9 Å². The zero-order valence-corrected chi connectivity index (χ0v) is 19.6. The van der Waals surface area contributed by atoms with Gasteiger partial charge in [0.25, 0.3) is 25.8 Å². The molecule has 10 nitrogen and oxygen atoms in total. The van der Waals surface area contributed by atoms with Crippen molar-refractivity contribution in [3.63, 3.8) is 0 Å². The highest BCUT2D eigenvalue weighted by atomic mass is 32.2. The van der Waals surface area contributed by atoms with Crippen LogP contribution in [0.4, 0.5) is 27.1 Å². The monoisotopic (exact) mass is 509 g/mol. The van der Waals surface area contributed by atoms with Crippen LogP contribution >= 0.6 is 0 Å². The normalized spacial score (nSPS) is 11.8. The largest absolute Gasteiger partial charge is 0.350 e. The van der Waals surface area contributed by atoms with E-state index in [0.29, 0.717) is 12.1 Å². The second kappa shape index (κ2) is 9.37. The van der Waals surface area contributed by atoms with Crippen LogP contribution in [0.1, 0.15) is 12.5 Å². The summed E-state index contributed by atoms with van der Waals surface area (Å²) in [5.74, 6) is -1.21. The van der Waals surface area contributed by atoms with Crippen LogP contribution in [0.15, 0.2) is 70.5 Å². The van der Waals surface area contributed by atoms with Gasteiger partial charge in [0, 0.05) is 24.4 Å². The number of nitrogens with one attached hydrogen (secondary N) is 1. The molecule has 0 aliphatic carbocycles. The number of rotatable bonds is 8. The average Bonchev–Trinajstić information content (AvgIpc) is 2.73. The molecule has 0 amide bonds. The molecule has 3 rings (SSSR count). The fourth-order valence-corrected chi connectivity index (χ4v) is 5.62. The summed E-state index contributed by atoms with van der Waals surface area (Å²) < 4.78 is 74.2. The molecule has 0 radical (unpaired) electrons. The summed E-state index contributed by atoms with van der Waals surface area (Å²) in [5, 5.41) is 14.3. The zero-order chi connectivity index (χ0) is 25.3. The van der Waals surface area contributed by atoms with Crippen molar-refractivity contribution < 1.29 is 30.7 Å². The van der Waals surface area contributed by atoms with Crippen molar-refractivity contribution >= 4 is 42.9 Å². The molecular formula is C21H20FN3O7S2. The topological polar surface area (TPSA) is 147 Å². The van der Waals surface area contributed by atoms with E-state index in [1.807, 2.05) is 0 Å². The molecule has 0 bridgehead atoms. The number of nitro benzene ring substituents is 1. The number of nitrogens with zero attached hydrogens (tertiary/aromatic N) is 2. The van der Waals surface area contributed by atoms with Gasteiger partial charge in [0.15, 0.2) is 0 Å². The maximum absolute atomic E-state index is 15.0. The maximum Gasteiger partial charge on any atom is 0.294 e. The molecule has 2 N–H and O–H groups in total. The van der Waals surface area contributed by atoms with Gasteiger partial charge in [-0.15, -0.1) is 0 Å². The fourth-order valence-electron chi connectivity index (χ4n) is 3.37. The maximum atomic E-state index is 15.0. The number of hydrogen-bond donors (Lipinski definition) is 2. The Kier molecular flexibility index (Phi) is 6.91. The van der Waals surface area contributed by atoms with E-state index >= 15 is 4.39 Å². The molecule has 0 heterocycles. The Morgan fingerprint density at radius 2 is 1.68 bits per heavy atom. The Balaban J connectivity index is 2.08. The molecule has 3 aromatic rings. The van der Waals surface area contributed by atoms with Crippen molar-refractivity contribution in [1.82, 2.24) is 0 Å². The van der Waals surface area contributed by atoms with E-state index in [4.69, 9.17) is 0 Å². The third-order valence-corrected chi connectivity index (χ3v) is 7.81. The first kappa shape index (κ1) is 25.1. The smallest absolute Gasteiger partial charge is 0.294 e. The molecule has 0 fully saturated rings. The van der Waals surface area contributed by atoms with Crippen LogP contribution in [0.5, 0.6) is 0 Å². The first-order valence-corrected chi connectivity index (χ1v) is 12.6. The lowest BCUT2D eigenvalue weighted by molar-refractivity contribution is -0.384. The van der Waals surface area contributed by atoms with E-state index in [1.54, 1.807) is 25.1 Å². The summed E-state index contributed by atoms with van der Waals surface area (Å²) in [6.07, 6.45) is 0. The molecule has 0 spiro atoms. The van der Waals surface area contributed by atoms with Gasteiger partial charge < -0.3 is 5.32 Å². The Morgan fingerprint density at radius 3 is 2.21 bits per heavy atom. The van der Waals surface area contributed by atoms with E-state index in [9.17, 15) is 31.5 Å². The van der Waals surface area contributed by atoms with Crippen LogP contribution in [0.25, 0.3) is 0 Å². The molecule has 0 aliphatic heterocycles. The van der Waals surface area contributed by atoms with Crippen LogP contribution in [-0.2, 0) is 20.1 Å². The fraction of sp³-hybridized carbons (Fsp3) is 0.143. The molecule has 0 saturated carbocycles. The molecule has 13 heteroatoms. The molecule has 180 valence electrons. The highest BCUT2D eigenvalue weighted by Gasteiger charge is 2.31. The minimum Gasteiger partial charge on any atom is -0.350 e. The lowest BCUT2D eigenvalue weighted by Gasteiger charge is -2.23. The summed E-state index contributed by atoms with van der Waals surface area (Å²) >= 11 is 0. The van der Waals surface area contributed by atoms with Gasteiger partial charge in [0.1, 0.15) is 16.4 Å². The summed E-state index contributed by atoms with van der Waals surface area (Å²) in [5.41, 5.74) is -0.494. The van der Waals surface area contributed by atoms with Gasteiger partial charge in [-0.2, -0.15) is 8.42 Å². The van der Waals surface area contributed by atoms with Gasteiger partial charge >= 0.3 is 0 Å². The van der Waals surface area contributed by atoms with Crippen LogP contribution in [0.2, 0.25) is 0 Å². The molecule has 34 heavy (non-hydrogen) atoms. The number of sulfonamides is 1. The second-order valence-corrected chi connectivity index (χ2v) is 10.4. The summed E-state index contributed by atoms with van der Waals surface area (Å²) in [7, 11) is -8.95. The molecule has 0 aromatic heterocycles. The highest BCUT2D eigenvalue weighted by Crippen LogP contribution is 2.35. The van der Waals surface area contributed by atoms with Crippen molar-refractivity contribution in [2.24, 2.45) is 0 Å². The number of nitro groups is 1. The Hall–Kier alpha value is -3.55. The van der Waals surface area contributed by atoms with E-state index in [1.165, 1.54) is 31.2 Å². The lowest BCUT2D eigenvalue weighted by atomic mass is 10.2. The third-order valence-electron chi connectivity index (χ3n) is 4.88. The van der Waals surface area contributed by atoms with E-state index in [2.05, 4.69) is 5.32 Å². The van der Waals surface area contributed by atoms with Crippen LogP contribution in [0.3, 0.4) is 0 Å². The van der Waals surface area contributed by atoms with E-state index < -0.39 is 41.5 Å². The second-order valence-electron chi connectivity index (χ2n) is 7.14. The van der Waals surface area contributed by atoms with Gasteiger partial charge in [0.2, 0.25) is 0 Å². The molecule has 3 aromatic carbocycles. The van der Waals surface area contributed by atoms with Crippen molar-refractivity contribution in [3.05, 3.63) is 82.2 Å². The van der Waals surface area contributed by atoms with Crippen molar-refractivity contribution in [3.8, 4) is 0 Å². The van der Waals surface area contributed by atoms with Crippen LogP contribution < -0.4 is 9.62 Å². The van der Waals surface area contributed by atoms with E-state index in [-0.39, 0.29) is 34.1 Å². The van der Waals surface area contributed by atoms with Crippen molar-refractivity contribution in [2.45, 2.75) is 23.6 Å². The predicted octanol–water partition coefficient (Wildman–Crippen LogP) is 4.25. The molecule has 0 unspecified atom stereocenters.